The van der Waals surface area contributed by atoms with Gasteiger partial charge in [-0.2, -0.15) is 0 Å². The molecule has 0 aliphatic carbocycles. The molecule has 1 aromatic heterocycles. The zero-order valence-electron chi connectivity index (χ0n) is 19.4. The van der Waals surface area contributed by atoms with E-state index < -0.39 is 6.23 Å². The first-order chi connectivity index (χ1) is 14.7. The van der Waals surface area contributed by atoms with Crippen LogP contribution in [0, 0.1) is 5.41 Å². The number of amides is 1. The Morgan fingerprint density at radius 1 is 1.26 bits per heavy atom. The number of nitrogens with one attached hydrogen (secondary N) is 2. The Kier molecular flexibility index (Phi) is 7.30. The van der Waals surface area contributed by atoms with Crippen LogP contribution in [0.25, 0.3) is 5.57 Å². The average Bonchev–Trinajstić information content (AvgIpc) is 2.96. The predicted molar refractivity (Wildman–Crippen MR) is 123 cm³/mol. The van der Waals surface area contributed by atoms with E-state index in [0.717, 1.165) is 42.2 Å². The quantitative estimate of drug-likeness (QED) is 0.667. The molecule has 3 rings (SSSR count). The van der Waals surface area contributed by atoms with Gasteiger partial charge >= 0.3 is 0 Å². The van der Waals surface area contributed by atoms with E-state index >= 15 is 0 Å². The number of nitrogens with zero attached hydrogens (tertiary/aromatic N) is 3. The Labute approximate surface area is 185 Å². The molecule has 7 nitrogen and oxygen atoms in total. The molecule has 2 heterocycles. The number of imidazole rings is 1. The molecule has 7 heteroatoms. The Morgan fingerprint density at radius 3 is 2.61 bits per heavy atom. The van der Waals surface area contributed by atoms with E-state index in [-0.39, 0.29) is 11.3 Å². The maximum atomic E-state index is 13.4. The highest BCUT2D eigenvalue weighted by Crippen LogP contribution is 2.27. The standard InChI is InChI=1S/C24H35N5O2/c1-17(18-11-8-7-9-12-18)21-26-20(19-15-28(6)13-10-14-29(19)21)22(30)27-23(24(2,3)4)31-16-25-5/h7-9,11-12,23,25H,1,10,13-16H2,2-6H3,(H,27,30)/t23-/m1/s1. The van der Waals surface area contributed by atoms with Crippen molar-refractivity contribution in [3.63, 3.8) is 0 Å². The van der Waals surface area contributed by atoms with Gasteiger partial charge in [-0.25, -0.2) is 4.98 Å². The van der Waals surface area contributed by atoms with E-state index in [1.807, 2.05) is 58.2 Å². The summed E-state index contributed by atoms with van der Waals surface area (Å²) in [7, 11) is 3.89. The van der Waals surface area contributed by atoms with Crippen LogP contribution < -0.4 is 10.6 Å². The van der Waals surface area contributed by atoms with E-state index in [9.17, 15) is 4.79 Å². The number of rotatable bonds is 7. The van der Waals surface area contributed by atoms with Gasteiger partial charge in [-0.05, 0) is 32.6 Å². The van der Waals surface area contributed by atoms with Gasteiger partial charge in [-0.1, -0.05) is 57.7 Å². The van der Waals surface area contributed by atoms with Gasteiger partial charge in [0.25, 0.3) is 5.91 Å². The third-order valence-corrected chi connectivity index (χ3v) is 5.46. The van der Waals surface area contributed by atoms with E-state index in [4.69, 9.17) is 9.72 Å². The molecule has 31 heavy (non-hydrogen) atoms. The lowest BCUT2D eigenvalue weighted by Crippen LogP contribution is -2.47. The maximum Gasteiger partial charge on any atom is 0.273 e. The Hall–Kier alpha value is -2.48. The summed E-state index contributed by atoms with van der Waals surface area (Å²) < 4.78 is 8.02. The van der Waals surface area contributed by atoms with E-state index in [2.05, 4.69) is 33.7 Å². The van der Waals surface area contributed by atoms with Gasteiger partial charge in [0.1, 0.15) is 12.1 Å². The van der Waals surface area contributed by atoms with Crippen molar-refractivity contribution in [1.82, 2.24) is 25.1 Å². The van der Waals surface area contributed by atoms with Crippen molar-refractivity contribution >= 4 is 11.5 Å². The van der Waals surface area contributed by atoms with Crippen LogP contribution in [-0.2, 0) is 17.8 Å². The molecule has 1 aromatic carbocycles. The van der Waals surface area contributed by atoms with Crippen molar-refractivity contribution < 1.29 is 9.53 Å². The fourth-order valence-electron chi connectivity index (χ4n) is 3.76. The Bertz CT molecular complexity index is 914. The number of fused-ring (bicyclic) bond motifs is 1. The van der Waals surface area contributed by atoms with Crippen molar-refractivity contribution in [2.75, 3.05) is 27.4 Å². The van der Waals surface area contributed by atoms with Crippen LogP contribution in [0.15, 0.2) is 36.9 Å². The van der Waals surface area contributed by atoms with Crippen molar-refractivity contribution in [1.29, 1.82) is 0 Å². The minimum absolute atomic E-state index is 0.220. The topological polar surface area (TPSA) is 71.4 Å². The van der Waals surface area contributed by atoms with Crippen LogP contribution in [0.5, 0.6) is 0 Å². The van der Waals surface area contributed by atoms with Crippen molar-refractivity contribution in [2.24, 2.45) is 5.41 Å². The number of ether oxygens (including phenoxy) is 1. The molecule has 168 valence electrons. The second-order valence-corrected chi connectivity index (χ2v) is 9.20. The van der Waals surface area contributed by atoms with Crippen LogP contribution in [0.1, 0.15) is 54.8 Å². The maximum absolute atomic E-state index is 13.4. The molecule has 2 aromatic rings. The fraction of sp³-hybridized carbons (Fsp3) is 0.500. The Morgan fingerprint density at radius 2 is 1.97 bits per heavy atom. The predicted octanol–water partition coefficient (Wildman–Crippen LogP) is 3.08. The molecule has 1 aliphatic heterocycles. The van der Waals surface area contributed by atoms with Gasteiger partial charge in [0.05, 0.1) is 12.4 Å². The molecule has 0 saturated heterocycles. The SMILES string of the molecule is C=C(c1ccccc1)c1nc(C(=O)N[C@H](OCNC)C(C)(C)C)c2n1CCCN(C)C2. The Balaban J connectivity index is 1.98. The highest BCUT2D eigenvalue weighted by Gasteiger charge is 2.31. The second-order valence-electron chi connectivity index (χ2n) is 9.20. The number of carbonyl (C=O) groups is 1. The minimum Gasteiger partial charge on any atom is -0.343 e. The number of aromatic nitrogens is 2. The summed E-state index contributed by atoms with van der Waals surface area (Å²) in [5.41, 5.74) is 2.93. The van der Waals surface area contributed by atoms with Crippen LogP contribution in [0.4, 0.5) is 0 Å². The highest BCUT2D eigenvalue weighted by atomic mass is 16.5. The summed E-state index contributed by atoms with van der Waals surface area (Å²) in [4.78, 5) is 20.4. The second kappa shape index (κ2) is 9.77. The number of benzene rings is 1. The van der Waals surface area contributed by atoms with E-state index in [1.54, 1.807) is 0 Å². The zero-order valence-corrected chi connectivity index (χ0v) is 19.4. The molecule has 0 bridgehead atoms. The van der Waals surface area contributed by atoms with Gasteiger partial charge in [0, 0.05) is 24.1 Å². The van der Waals surface area contributed by atoms with Crippen LogP contribution in [-0.4, -0.2) is 54.0 Å². The van der Waals surface area contributed by atoms with Crippen molar-refractivity contribution in [2.45, 2.75) is 46.5 Å². The van der Waals surface area contributed by atoms with Crippen molar-refractivity contribution in [3.8, 4) is 0 Å². The molecular weight excluding hydrogens is 390 g/mol. The lowest BCUT2D eigenvalue weighted by Gasteiger charge is -2.31. The van der Waals surface area contributed by atoms with Gasteiger partial charge in [-0.3, -0.25) is 10.1 Å². The minimum atomic E-state index is -0.450. The van der Waals surface area contributed by atoms with Gasteiger partial charge < -0.3 is 19.5 Å². The average molecular weight is 426 g/mol. The van der Waals surface area contributed by atoms with Crippen LogP contribution in [0.3, 0.4) is 0 Å². The molecule has 0 spiro atoms. The number of hydrogen-bond donors (Lipinski definition) is 2. The first kappa shape index (κ1) is 23.2. The third-order valence-electron chi connectivity index (χ3n) is 5.46. The molecule has 0 fully saturated rings. The summed E-state index contributed by atoms with van der Waals surface area (Å²) in [6.45, 7) is 13.2. The zero-order chi connectivity index (χ0) is 22.6. The summed E-state index contributed by atoms with van der Waals surface area (Å²) in [6.07, 6.45) is 0.542. The number of carbonyl (C=O) groups excluding carboxylic acids is 1. The smallest absolute Gasteiger partial charge is 0.273 e. The largest absolute Gasteiger partial charge is 0.343 e. The van der Waals surface area contributed by atoms with Crippen molar-refractivity contribution in [3.05, 3.63) is 59.7 Å². The molecular formula is C24H35N5O2. The van der Waals surface area contributed by atoms with Gasteiger partial charge in [0.15, 0.2) is 5.69 Å². The first-order valence-electron chi connectivity index (χ1n) is 10.8. The molecule has 0 unspecified atom stereocenters. The monoisotopic (exact) mass is 425 g/mol. The lowest BCUT2D eigenvalue weighted by molar-refractivity contribution is -0.0407. The summed E-state index contributed by atoms with van der Waals surface area (Å²) in [6, 6.07) is 10.00. The molecule has 2 N–H and O–H groups in total. The van der Waals surface area contributed by atoms with Crippen LogP contribution in [0.2, 0.25) is 0 Å². The molecule has 0 saturated carbocycles. The highest BCUT2D eigenvalue weighted by molar-refractivity contribution is 5.94. The normalized spacial score (nSPS) is 15.8. The summed E-state index contributed by atoms with van der Waals surface area (Å²) >= 11 is 0. The molecule has 1 amide bonds. The summed E-state index contributed by atoms with van der Waals surface area (Å²) in [5.74, 6) is 0.535. The lowest BCUT2D eigenvalue weighted by atomic mass is 9.94. The van der Waals surface area contributed by atoms with E-state index in [1.165, 1.54) is 0 Å². The van der Waals surface area contributed by atoms with Gasteiger partial charge in [0.2, 0.25) is 0 Å². The fourth-order valence-corrected chi connectivity index (χ4v) is 3.76. The van der Waals surface area contributed by atoms with Crippen LogP contribution >= 0.6 is 0 Å². The first-order valence-corrected chi connectivity index (χ1v) is 10.8. The van der Waals surface area contributed by atoms with E-state index in [0.29, 0.717) is 19.0 Å². The summed E-state index contributed by atoms with van der Waals surface area (Å²) in [5, 5.41) is 6.03. The number of hydrogen-bond acceptors (Lipinski definition) is 5. The molecule has 1 aliphatic rings. The molecule has 0 radical (unpaired) electrons. The van der Waals surface area contributed by atoms with Gasteiger partial charge in [-0.15, -0.1) is 0 Å². The molecule has 1 atom stereocenters. The third kappa shape index (κ3) is 5.42.